The zero-order valence-electron chi connectivity index (χ0n) is 10.7. The topological polar surface area (TPSA) is 49.3 Å². The monoisotopic (exact) mass is 309 g/mol. The summed E-state index contributed by atoms with van der Waals surface area (Å²) in [5.74, 6) is -0.498. The molecule has 1 unspecified atom stereocenters. The quantitative estimate of drug-likeness (QED) is 0.893. The summed E-state index contributed by atoms with van der Waals surface area (Å²) in [5, 5.41) is 13.5. The maximum atomic E-state index is 12.1. The van der Waals surface area contributed by atoms with Crippen LogP contribution in [0.4, 0.5) is 0 Å². The molecule has 3 nitrogen and oxygen atoms in total. The standard InChI is InChI=1S/C15H13Cl2NO2/c1-9(10-3-2-4-11(16)7-10)18-15(20)13-8-12(17)5-6-14(13)19/h2-9,19H,1H3,(H,18,20). The minimum absolute atomic E-state index is 0.106. The Balaban J connectivity index is 2.17. The number of benzene rings is 2. The summed E-state index contributed by atoms with van der Waals surface area (Å²) < 4.78 is 0. The van der Waals surface area contributed by atoms with E-state index in [0.717, 1.165) is 5.56 Å². The average molecular weight is 310 g/mol. The van der Waals surface area contributed by atoms with Gasteiger partial charge in [0.2, 0.25) is 0 Å². The lowest BCUT2D eigenvalue weighted by Gasteiger charge is -2.15. The molecule has 0 spiro atoms. The first-order valence-electron chi connectivity index (χ1n) is 6.02. The van der Waals surface area contributed by atoms with E-state index in [0.29, 0.717) is 10.0 Å². The van der Waals surface area contributed by atoms with Crippen molar-refractivity contribution in [1.82, 2.24) is 5.32 Å². The van der Waals surface area contributed by atoms with E-state index in [1.54, 1.807) is 12.1 Å². The van der Waals surface area contributed by atoms with Crippen molar-refractivity contribution in [3.8, 4) is 5.75 Å². The van der Waals surface area contributed by atoms with E-state index < -0.39 is 5.91 Å². The van der Waals surface area contributed by atoms with Gasteiger partial charge in [0.05, 0.1) is 11.6 Å². The molecule has 0 saturated carbocycles. The first-order chi connectivity index (χ1) is 9.47. The van der Waals surface area contributed by atoms with Crippen LogP contribution in [0.25, 0.3) is 0 Å². The third-order valence-electron chi connectivity index (χ3n) is 2.90. The molecule has 1 atom stereocenters. The third-order valence-corrected chi connectivity index (χ3v) is 3.37. The average Bonchev–Trinajstić information content (AvgIpc) is 2.41. The van der Waals surface area contributed by atoms with Crippen LogP contribution in [0.1, 0.15) is 28.9 Å². The Morgan fingerprint density at radius 2 is 1.85 bits per heavy atom. The Labute approximate surface area is 127 Å². The van der Waals surface area contributed by atoms with E-state index in [1.165, 1.54) is 18.2 Å². The number of amides is 1. The van der Waals surface area contributed by atoms with Crippen LogP contribution in [0.3, 0.4) is 0 Å². The fourth-order valence-corrected chi connectivity index (χ4v) is 2.19. The first-order valence-corrected chi connectivity index (χ1v) is 6.78. The summed E-state index contributed by atoms with van der Waals surface area (Å²) >= 11 is 11.7. The Morgan fingerprint density at radius 1 is 1.15 bits per heavy atom. The van der Waals surface area contributed by atoms with Crippen LogP contribution >= 0.6 is 23.2 Å². The lowest BCUT2D eigenvalue weighted by atomic mass is 10.1. The Bertz CT molecular complexity index is 644. The largest absolute Gasteiger partial charge is 0.507 e. The molecule has 1 amide bonds. The van der Waals surface area contributed by atoms with Crippen molar-refractivity contribution in [1.29, 1.82) is 0 Å². The van der Waals surface area contributed by atoms with Gasteiger partial charge in [-0.05, 0) is 42.8 Å². The molecule has 0 saturated heterocycles. The summed E-state index contributed by atoms with van der Waals surface area (Å²) in [6.45, 7) is 1.84. The molecule has 0 fully saturated rings. The zero-order chi connectivity index (χ0) is 14.7. The van der Waals surface area contributed by atoms with Crippen LogP contribution in [0.5, 0.6) is 5.75 Å². The minimum atomic E-state index is -0.391. The summed E-state index contributed by atoms with van der Waals surface area (Å²) in [4.78, 5) is 12.1. The third kappa shape index (κ3) is 3.44. The van der Waals surface area contributed by atoms with Crippen LogP contribution in [-0.4, -0.2) is 11.0 Å². The maximum Gasteiger partial charge on any atom is 0.255 e. The number of nitrogens with one attached hydrogen (secondary N) is 1. The number of rotatable bonds is 3. The van der Waals surface area contributed by atoms with Gasteiger partial charge in [-0.3, -0.25) is 4.79 Å². The molecule has 2 N–H and O–H groups in total. The fourth-order valence-electron chi connectivity index (χ4n) is 1.82. The molecule has 2 aromatic carbocycles. The van der Waals surface area contributed by atoms with E-state index in [2.05, 4.69) is 5.32 Å². The van der Waals surface area contributed by atoms with Crippen LogP contribution in [-0.2, 0) is 0 Å². The van der Waals surface area contributed by atoms with Gasteiger partial charge in [-0.1, -0.05) is 35.3 Å². The number of carbonyl (C=O) groups excluding carboxylic acids is 1. The van der Waals surface area contributed by atoms with E-state index in [-0.39, 0.29) is 17.4 Å². The molecule has 0 bridgehead atoms. The van der Waals surface area contributed by atoms with Crippen LogP contribution < -0.4 is 5.32 Å². The molecule has 0 aliphatic heterocycles. The number of hydrogen-bond acceptors (Lipinski definition) is 2. The number of carbonyl (C=O) groups is 1. The van der Waals surface area contributed by atoms with Gasteiger partial charge in [0.25, 0.3) is 5.91 Å². The van der Waals surface area contributed by atoms with Crippen LogP contribution in [0.2, 0.25) is 10.0 Å². The van der Waals surface area contributed by atoms with E-state index >= 15 is 0 Å². The normalized spacial score (nSPS) is 11.9. The maximum absolute atomic E-state index is 12.1. The number of aromatic hydroxyl groups is 1. The highest BCUT2D eigenvalue weighted by molar-refractivity contribution is 6.31. The first kappa shape index (κ1) is 14.7. The van der Waals surface area contributed by atoms with Gasteiger partial charge in [0, 0.05) is 10.0 Å². The summed E-state index contributed by atoms with van der Waals surface area (Å²) in [6, 6.07) is 11.3. The second kappa shape index (κ2) is 6.16. The molecule has 0 aromatic heterocycles. The molecule has 104 valence electrons. The Kier molecular flexibility index (Phi) is 4.53. The highest BCUT2D eigenvalue weighted by Gasteiger charge is 2.15. The molecule has 5 heteroatoms. The van der Waals surface area contributed by atoms with Crippen molar-refractivity contribution in [3.63, 3.8) is 0 Å². The van der Waals surface area contributed by atoms with E-state index in [4.69, 9.17) is 23.2 Å². The van der Waals surface area contributed by atoms with Gasteiger partial charge < -0.3 is 10.4 Å². The lowest BCUT2D eigenvalue weighted by Crippen LogP contribution is -2.26. The Morgan fingerprint density at radius 3 is 2.55 bits per heavy atom. The summed E-state index contributed by atoms with van der Waals surface area (Å²) in [6.07, 6.45) is 0. The summed E-state index contributed by atoms with van der Waals surface area (Å²) in [7, 11) is 0. The molecule has 0 aliphatic rings. The number of phenols is 1. The zero-order valence-corrected chi connectivity index (χ0v) is 12.2. The lowest BCUT2D eigenvalue weighted by molar-refractivity contribution is 0.0937. The van der Waals surface area contributed by atoms with E-state index in [1.807, 2.05) is 19.1 Å². The smallest absolute Gasteiger partial charge is 0.255 e. The SMILES string of the molecule is CC(NC(=O)c1cc(Cl)ccc1O)c1cccc(Cl)c1. The van der Waals surface area contributed by atoms with Crippen molar-refractivity contribution in [3.05, 3.63) is 63.6 Å². The summed E-state index contributed by atoms with van der Waals surface area (Å²) in [5.41, 5.74) is 1.03. The number of phenolic OH excluding ortho intramolecular Hbond substituents is 1. The van der Waals surface area contributed by atoms with Gasteiger partial charge in [-0.25, -0.2) is 0 Å². The predicted molar refractivity (Wildman–Crippen MR) is 80.5 cm³/mol. The highest BCUT2D eigenvalue weighted by atomic mass is 35.5. The molecule has 2 rings (SSSR count). The highest BCUT2D eigenvalue weighted by Crippen LogP contribution is 2.23. The van der Waals surface area contributed by atoms with Crippen molar-refractivity contribution >= 4 is 29.1 Å². The van der Waals surface area contributed by atoms with Crippen molar-refractivity contribution in [2.45, 2.75) is 13.0 Å². The van der Waals surface area contributed by atoms with Crippen LogP contribution in [0.15, 0.2) is 42.5 Å². The minimum Gasteiger partial charge on any atom is -0.507 e. The van der Waals surface area contributed by atoms with E-state index in [9.17, 15) is 9.90 Å². The molecule has 2 aromatic rings. The number of hydrogen-bond donors (Lipinski definition) is 2. The van der Waals surface area contributed by atoms with Crippen molar-refractivity contribution in [2.24, 2.45) is 0 Å². The van der Waals surface area contributed by atoms with Gasteiger partial charge in [0.1, 0.15) is 5.75 Å². The molecular weight excluding hydrogens is 297 g/mol. The number of halogens is 2. The molecule has 0 heterocycles. The molecular formula is C15H13Cl2NO2. The predicted octanol–water partition coefficient (Wildman–Crippen LogP) is 4.19. The van der Waals surface area contributed by atoms with Gasteiger partial charge in [-0.15, -0.1) is 0 Å². The van der Waals surface area contributed by atoms with Gasteiger partial charge in [-0.2, -0.15) is 0 Å². The van der Waals surface area contributed by atoms with Crippen molar-refractivity contribution in [2.75, 3.05) is 0 Å². The van der Waals surface area contributed by atoms with Crippen LogP contribution in [0, 0.1) is 0 Å². The van der Waals surface area contributed by atoms with Crippen molar-refractivity contribution < 1.29 is 9.90 Å². The second-order valence-corrected chi connectivity index (χ2v) is 5.28. The Hall–Kier alpha value is -1.71. The fraction of sp³-hybridized carbons (Fsp3) is 0.133. The molecule has 20 heavy (non-hydrogen) atoms. The second-order valence-electron chi connectivity index (χ2n) is 4.41. The van der Waals surface area contributed by atoms with Gasteiger partial charge in [0.15, 0.2) is 0 Å². The van der Waals surface area contributed by atoms with Gasteiger partial charge >= 0.3 is 0 Å². The molecule has 0 aliphatic carbocycles. The molecule has 0 radical (unpaired) electrons.